The number of nitrogens with one attached hydrogen (secondary N) is 2. The number of carbonyl (C=O) groups is 2. The molecule has 0 saturated carbocycles. The fourth-order valence-corrected chi connectivity index (χ4v) is 1.96. The Morgan fingerprint density at radius 2 is 1.53 bits per heavy atom. The van der Waals surface area contributed by atoms with E-state index in [0.717, 1.165) is 19.6 Å². The smallest absolute Gasteiger partial charge is 0.217 e. The molecule has 2 unspecified atom stereocenters. The van der Waals surface area contributed by atoms with Crippen molar-refractivity contribution in [1.29, 1.82) is 0 Å². The quantitative estimate of drug-likeness (QED) is 0.653. The van der Waals surface area contributed by atoms with Crippen molar-refractivity contribution >= 4 is 11.8 Å². The van der Waals surface area contributed by atoms with Gasteiger partial charge in [0, 0.05) is 26.9 Å². The maximum atomic E-state index is 11.0. The van der Waals surface area contributed by atoms with Gasteiger partial charge in [-0.15, -0.1) is 0 Å². The van der Waals surface area contributed by atoms with Crippen molar-refractivity contribution in [2.24, 2.45) is 0 Å². The normalized spacial score (nSPS) is 26.3. The summed E-state index contributed by atoms with van der Waals surface area (Å²) in [5.41, 5.74) is 0. The lowest BCUT2D eigenvalue weighted by Gasteiger charge is -2.19. The summed E-state index contributed by atoms with van der Waals surface area (Å²) in [6.45, 7) is 7.62. The van der Waals surface area contributed by atoms with Crippen LogP contribution in [0, 0.1) is 0 Å². The lowest BCUT2D eigenvalue weighted by atomic mass is 10.1. The van der Waals surface area contributed by atoms with Gasteiger partial charge in [-0.2, -0.15) is 0 Å². The van der Waals surface area contributed by atoms with Crippen LogP contribution in [-0.2, 0) is 9.59 Å². The molecular weight excluding hydrogens is 194 g/mol. The molecule has 15 heavy (non-hydrogen) atoms. The van der Waals surface area contributed by atoms with E-state index in [4.69, 9.17) is 0 Å². The van der Waals surface area contributed by atoms with Gasteiger partial charge in [0.25, 0.3) is 0 Å². The standard InChI is InChI=1S/C10H19N3O2/c1-4-13-5-9(11-7(2)14)10(6-13)12-8(3)15/h9-10H,4-6H2,1-3H3,(H,11,14)(H,12,15). The van der Waals surface area contributed by atoms with E-state index in [0.29, 0.717) is 0 Å². The molecular formula is C10H19N3O2. The van der Waals surface area contributed by atoms with Crippen LogP contribution in [0.1, 0.15) is 20.8 Å². The second-order valence-electron chi connectivity index (χ2n) is 3.97. The van der Waals surface area contributed by atoms with E-state index in [9.17, 15) is 9.59 Å². The molecule has 5 nitrogen and oxygen atoms in total. The summed E-state index contributed by atoms with van der Waals surface area (Å²) in [4.78, 5) is 24.2. The summed E-state index contributed by atoms with van der Waals surface area (Å²) in [6, 6.07) is 0.0673. The van der Waals surface area contributed by atoms with Gasteiger partial charge in [-0.3, -0.25) is 14.5 Å². The average Bonchev–Trinajstić information content (AvgIpc) is 2.46. The van der Waals surface area contributed by atoms with Crippen LogP contribution >= 0.6 is 0 Å². The van der Waals surface area contributed by atoms with Crippen molar-refractivity contribution in [3.05, 3.63) is 0 Å². The van der Waals surface area contributed by atoms with E-state index < -0.39 is 0 Å². The molecule has 0 radical (unpaired) electrons. The molecule has 2 N–H and O–H groups in total. The third-order valence-electron chi connectivity index (χ3n) is 2.62. The SMILES string of the molecule is CCN1CC(NC(C)=O)C(NC(C)=O)C1. The molecule has 1 fully saturated rings. The molecule has 1 rings (SSSR count). The molecule has 0 bridgehead atoms. The van der Waals surface area contributed by atoms with Gasteiger partial charge in [0.2, 0.25) is 11.8 Å². The molecule has 0 aromatic carbocycles. The number of carbonyl (C=O) groups excluding carboxylic acids is 2. The zero-order chi connectivity index (χ0) is 11.4. The van der Waals surface area contributed by atoms with Gasteiger partial charge in [0.05, 0.1) is 12.1 Å². The zero-order valence-corrected chi connectivity index (χ0v) is 9.54. The highest BCUT2D eigenvalue weighted by Gasteiger charge is 2.32. The third-order valence-corrected chi connectivity index (χ3v) is 2.62. The van der Waals surface area contributed by atoms with Crippen molar-refractivity contribution < 1.29 is 9.59 Å². The molecule has 0 aromatic rings. The second-order valence-corrected chi connectivity index (χ2v) is 3.97. The number of likely N-dealkylation sites (tertiary alicyclic amines) is 1. The highest BCUT2D eigenvalue weighted by atomic mass is 16.2. The first-order chi connectivity index (χ1) is 7.02. The third kappa shape index (κ3) is 3.51. The Bertz CT molecular complexity index is 231. The van der Waals surface area contributed by atoms with Gasteiger partial charge in [-0.1, -0.05) is 6.92 Å². The Morgan fingerprint density at radius 3 is 1.80 bits per heavy atom. The van der Waals surface area contributed by atoms with Crippen LogP contribution in [0.15, 0.2) is 0 Å². The Balaban J connectivity index is 2.56. The summed E-state index contributed by atoms with van der Waals surface area (Å²) < 4.78 is 0. The summed E-state index contributed by atoms with van der Waals surface area (Å²) in [5, 5.41) is 5.73. The van der Waals surface area contributed by atoms with Crippen molar-refractivity contribution in [2.45, 2.75) is 32.9 Å². The van der Waals surface area contributed by atoms with Gasteiger partial charge in [0.15, 0.2) is 0 Å². The summed E-state index contributed by atoms with van der Waals surface area (Å²) in [5.74, 6) is -0.0957. The van der Waals surface area contributed by atoms with E-state index in [1.165, 1.54) is 13.8 Å². The van der Waals surface area contributed by atoms with Crippen molar-refractivity contribution in [3.63, 3.8) is 0 Å². The van der Waals surface area contributed by atoms with E-state index in [1.54, 1.807) is 0 Å². The highest BCUT2D eigenvalue weighted by Crippen LogP contribution is 2.09. The Labute approximate surface area is 90.2 Å². The van der Waals surface area contributed by atoms with Gasteiger partial charge in [0.1, 0.15) is 0 Å². The van der Waals surface area contributed by atoms with Crippen LogP contribution < -0.4 is 10.6 Å². The number of nitrogens with zero attached hydrogens (tertiary/aromatic N) is 1. The van der Waals surface area contributed by atoms with Crippen molar-refractivity contribution in [1.82, 2.24) is 15.5 Å². The molecule has 5 heteroatoms. The van der Waals surface area contributed by atoms with Gasteiger partial charge in [-0.25, -0.2) is 0 Å². The summed E-state index contributed by atoms with van der Waals surface area (Å²) in [6.07, 6.45) is 0. The minimum Gasteiger partial charge on any atom is -0.350 e. The summed E-state index contributed by atoms with van der Waals surface area (Å²) >= 11 is 0. The van der Waals surface area contributed by atoms with E-state index in [1.807, 2.05) is 0 Å². The Morgan fingerprint density at radius 1 is 1.13 bits per heavy atom. The molecule has 0 spiro atoms. The molecule has 0 aliphatic carbocycles. The van der Waals surface area contributed by atoms with E-state index in [-0.39, 0.29) is 23.9 Å². The minimum absolute atomic E-state index is 0.0337. The first-order valence-corrected chi connectivity index (χ1v) is 5.29. The first kappa shape index (κ1) is 12.0. The minimum atomic E-state index is -0.0479. The Kier molecular flexibility index (Phi) is 4.08. The topological polar surface area (TPSA) is 61.4 Å². The maximum Gasteiger partial charge on any atom is 0.217 e. The van der Waals surface area contributed by atoms with Gasteiger partial charge < -0.3 is 10.6 Å². The van der Waals surface area contributed by atoms with Crippen LogP contribution in [0.25, 0.3) is 0 Å². The largest absolute Gasteiger partial charge is 0.350 e. The fraction of sp³-hybridized carbons (Fsp3) is 0.800. The lowest BCUT2D eigenvalue weighted by Crippen LogP contribution is -2.49. The second kappa shape index (κ2) is 5.11. The molecule has 2 amide bonds. The number of likely N-dealkylation sites (N-methyl/N-ethyl adjacent to an activating group) is 1. The van der Waals surface area contributed by atoms with Crippen LogP contribution in [0.2, 0.25) is 0 Å². The zero-order valence-electron chi connectivity index (χ0n) is 9.54. The van der Waals surface area contributed by atoms with Crippen molar-refractivity contribution in [2.75, 3.05) is 19.6 Å². The van der Waals surface area contributed by atoms with E-state index in [2.05, 4.69) is 22.5 Å². The predicted octanol–water partition coefficient (Wildman–Crippen LogP) is -0.669. The first-order valence-electron chi connectivity index (χ1n) is 5.29. The molecule has 1 aliphatic rings. The molecule has 0 aromatic heterocycles. The summed E-state index contributed by atoms with van der Waals surface area (Å²) in [7, 11) is 0. The van der Waals surface area contributed by atoms with Crippen LogP contribution in [0.3, 0.4) is 0 Å². The molecule has 1 saturated heterocycles. The number of amides is 2. The lowest BCUT2D eigenvalue weighted by molar-refractivity contribution is -0.122. The van der Waals surface area contributed by atoms with Crippen LogP contribution in [0.4, 0.5) is 0 Å². The van der Waals surface area contributed by atoms with Crippen molar-refractivity contribution in [3.8, 4) is 0 Å². The molecule has 1 aliphatic heterocycles. The fourth-order valence-electron chi connectivity index (χ4n) is 1.96. The predicted molar refractivity (Wildman–Crippen MR) is 57.3 cm³/mol. The number of hydrogen-bond donors (Lipinski definition) is 2. The van der Waals surface area contributed by atoms with Crippen LogP contribution in [0.5, 0.6) is 0 Å². The maximum absolute atomic E-state index is 11.0. The van der Waals surface area contributed by atoms with Crippen LogP contribution in [-0.4, -0.2) is 48.4 Å². The Hall–Kier alpha value is -1.10. The number of rotatable bonds is 3. The van der Waals surface area contributed by atoms with E-state index >= 15 is 0 Å². The molecule has 1 heterocycles. The monoisotopic (exact) mass is 213 g/mol. The van der Waals surface area contributed by atoms with Gasteiger partial charge >= 0.3 is 0 Å². The molecule has 86 valence electrons. The highest BCUT2D eigenvalue weighted by molar-refractivity contribution is 5.75. The number of hydrogen-bond acceptors (Lipinski definition) is 3. The molecule has 2 atom stereocenters. The van der Waals surface area contributed by atoms with Gasteiger partial charge in [-0.05, 0) is 6.54 Å². The average molecular weight is 213 g/mol.